The molecule has 1 aromatic heterocycles. The lowest BCUT2D eigenvalue weighted by Gasteiger charge is -2.07. The first-order chi connectivity index (χ1) is 12.2. The molecule has 0 saturated heterocycles. The first-order valence-corrected chi connectivity index (χ1v) is 8.51. The van der Waals surface area contributed by atoms with Crippen LogP contribution in [0.25, 0.3) is 21.5 Å². The standard InChI is InChI=1S/C20H13BrN2O2/c21-19-10-9-18(25-19)20(24)23-22-12-17-15-7-3-1-5-13(15)11-14-6-2-4-8-16(14)17/h1-12H,(H,23,24). The van der Waals surface area contributed by atoms with Gasteiger partial charge in [-0.2, -0.15) is 5.10 Å². The van der Waals surface area contributed by atoms with Crippen LogP contribution in [0, 0.1) is 0 Å². The second-order valence-corrected chi connectivity index (χ2v) is 6.32. The highest BCUT2D eigenvalue weighted by molar-refractivity contribution is 9.10. The van der Waals surface area contributed by atoms with E-state index < -0.39 is 5.91 Å². The van der Waals surface area contributed by atoms with Gasteiger partial charge < -0.3 is 4.42 Å². The summed E-state index contributed by atoms with van der Waals surface area (Å²) in [5.41, 5.74) is 3.47. The molecule has 3 aromatic carbocycles. The van der Waals surface area contributed by atoms with Gasteiger partial charge >= 0.3 is 5.91 Å². The molecule has 0 aliphatic carbocycles. The van der Waals surface area contributed by atoms with E-state index in [9.17, 15) is 4.79 Å². The minimum Gasteiger partial charge on any atom is -0.444 e. The van der Waals surface area contributed by atoms with Crippen LogP contribution in [-0.4, -0.2) is 12.1 Å². The Balaban J connectivity index is 1.73. The fourth-order valence-corrected chi connectivity index (χ4v) is 3.14. The Labute approximate surface area is 152 Å². The number of hydrazone groups is 1. The van der Waals surface area contributed by atoms with Gasteiger partial charge in [-0.25, -0.2) is 5.43 Å². The molecule has 0 aliphatic rings. The maximum Gasteiger partial charge on any atom is 0.307 e. The van der Waals surface area contributed by atoms with Gasteiger partial charge in [-0.05, 0) is 55.7 Å². The van der Waals surface area contributed by atoms with Crippen LogP contribution in [0.5, 0.6) is 0 Å². The van der Waals surface area contributed by atoms with Crippen LogP contribution in [0.2, 0.25) is 0 Å². The van der Waals surface area contributed by atoms with Gasteiger partial charge in [-0.1, -0.05) is 48.5 Å². The molecule has 4 rings (SSSR count). The predicted molar refractivity (Wildman–Crippen MR) is 103 cm³/mol. The summed E-state index contributed by atoms with van der Waals surface area (Å²) >= 11 is 3.17. The molecule has 4 nitrogen and oxygen atoms in total. The summed E-state index contributed by atoms with van der Waals surface area (Å²) in [6.45, 7) is 0. The van der Waals surface area contributed by atoms with E-state index in [1.165, 1.54) is 0 Å². The van der Waals surface area contributed by atoms with Crippen LogP contribution in [0.1, 0.15) is 16.1 Å². The van der Waals surface area contributed by atoms with Gasteiger partial charge in [0.25, 0.3) is 0 Å². The van der Waals surface area contributed by atoms with Gasteiger partial charge in [-0.3, -0.25) is 4.79 Å². The van der Waals surface area contributed by atoms with Crippen molar-refractivity contribution in [2.24, 2.45) is 5.10 Å². The zero-order chi connectivity index (χ0) is 17.2. The number of hydrogen-bond donors (Lipinski definition) is 1. The van der Waals surface area contributed by atoms with Gasteiger partial charge in [-0.15, -0.1) is 0 Å². The number of benzene rings is 3. The molecule has 0 bridgehead atoms. The number of carbonyl (C=O) groups is 1. The zero-order valence-electron chi connectivity index (χ0n) is 13.1. The van der Waals surface area contributed by atoms with Crippen molar-refractivity contribution in [2.45, 2.75) is 0 Å². The average molecular weight is 393 g/mol. The molecule has 122 valence electrons. The fourth-order valence-electron chi connectivity index (χ4n) is 2.83. The molecule has 0 spiro atoms. The number of halogens is 1. The van der Waals surface area contributed by atoms with E-state index in [1.807, 2.05) is 24.3 Å². The summed E-state index contributed by atoms with van der Waals surface area (Å²) in [5, 5.41) is 8.55. The van der Waals surface area contributed by atoms with E-state index in [0.717, 1.165) is 27.1 Å². The highest BCUT2D eigenvalue weighted by Crippen LogP contribution is 2.27. The summed E-state index contributed by atoms with van der Waals surface area (Å²) in [4.78, 5) is 12.0. The first-order valence-electron chi connectivity index (χ1n) is 7.71. The lowest BCUT2D eigenvalue weighted by molar-refractivity contribution is 0.0926. The van der Waals surface area contributed by atoms with Crippen molar-refractivity contribution < 1.29 is 9.21 Å². The summed E-state index contributed by atoms with van der Waals surface area (Å²) in [7, 11) is 0. The molecule has 0 aliphatic heterocycles. The topological polar surface area (TPSA) is 54.6 Å². The predicted octanol–water partition coefficient (Wildman–Crippen LogP) is 5.11. The quantitative estimate of drug-likeness (QED) is 0.299. The Morgan fingerprint density at radius 3 is 2.20 bits per heavy atom. The van der Waals surface area contributed by atoms with Gasteiger partial charge in [0, 0.05) is 5.56 Å². The molecule has 1 heterocycles. The van der Waals surface area contributed by atoms with E-state index >= 15 is 0 Å². The van der Waals surface area contributed by atoms with Crippen LogP contribution in [0.15, 0.2) is 80.9 Å². The van der Waals surface area contributed by atoms with Crippen LogP contribution in [0.4, 0.5) is 0 Å². The average Bonchev–Trinajstić information content (AvgIpc) is 3.07. The molecule has 0 atom stereocenters. The lowest BCUT2D eigenvalue weighted by atomic mass is 9.97. The molecule has 4 aromatic rings. The van der Waals surface area contributed by atoms with E-state index in [1.54, 1.807) is 18.3 Å². The zero-order valence-corrected chi connectivity index (χ0v) is 14.7. The van der Waals surface area contributed by atoms with Crippen molar-refractivity contribution in [3.05, 3.63) is 82.7 Å². The summed E-state index contributed by atoms with van der Waals surface area (Å²) in [6, 6.07) is 21.6. The molecule has 1 amide bonds. The number of furan rings is 1. The van der Waals surface area contributed by atoms with Crippen LogP contribution in [-0.2, 0) is 0 Å². The van der Waals surface area contributed by atoms with Crippen molar-refractivity contribution in [3.63, 3.8) is 0 Å². The molecule has 5 heteroatoms. The smallest absolute Gasteiger partial charge is 0.307 e. The molecule has 0 saturated carbocycles. The van der Waals surface area contributed by atoms with Crippen molar-refractivity contribution >= 4 is 49.6 Å². The van der Waals surface area contributed by atoms with E-state index in [2.05, 4.69) is 56.8 Å². The van der Waals surface area contributed by atoms with Crippen molar-refractivity contribution in [1.82, 2.24) is 5.43 Å². The normalized spacial score (nSPS) is 11.4. The lowest BCUT2D eigenvalue weighted by Crippen LogP contribution is -2.16. The third-order valence-electron chi connectivity index (χ3n) is 3.97. The Bertz CT molecular complexity index is 1060. The van der Waals surface area contributed by atoms with Gasteiger partial charge in [0.15, 0.2) is 10.4 Å². The maximum atomic E-state index is 12.0. The van der Waals surface area contributed by atoms with Crippen LogP contribution < -0.4 is 5.43 Å². The van der Waals surface area contributed by atoms with Crippen molar-refractivity contribution in [1.29, 1.82) is 0 Å². The summed E-state index contributed by atoms with van der Waals surface area (Å²) in [6.07, 6.45) is 1.68. The highest BCUT2D eigenvalue weighted by Gasteiger charge is 2.09. The number of nitrogens with zero attached hydrogens (tertiary/aromatic N) is 1. The number of amides is 1. The van der Waals surface area contributed by atoms with E-state index in [-0.39, 0.29) is 5.76 Å². The Hall–Kier alpha value is -2.92. The van der Waals surface area contributed by atoms with Crippen LogP contribution >= 0.6 is 15.9 Å². The van der Waals surface area contributed by atoms with E-state index in [0.29, 0.717) is 4.67 Å². The van der Waals surface area contributed by atoms with Crippen LogP contribution in [0.3, 0.4) is 0 Å². The van der Waals surface area contributed by atoms with Crippen molar-refractivity contribution in [2.75, 3.05) is 0 Å². The van der Waals surface area contributed by atoms with Gasteiger partial charge in [0.2, 0.25) is 0 Å². The molecular formula is C20H13BrN2O2. The fraction of sp³-hybridized carbons (Fsp3) is 0. The molecule has 25 heavy (non-hydrogen) atoms. The Morgan fingerprint density at radius 2 is 1.60 bits per heavy atom. The van der Waals surface area contributed by atoms with Gasteiger partial charge in [0.1, 0.15) is 0 Å². The minimum absolute atomic E-state index is 0.201. The second kappa shape index (κ2) is 6.53. The highest BCUT2D eigenvalue weighted by atomic mass is 79.9. The molecule has 0 fully saturated rings. The monoisotopic (exact) mass is 392 g/mol. The number of nitrogens with one attached hydrogen (secondary N) is 1. The van der Waals surface area contributed by atoms with Gasteiger partial charge in [0.05, 0.1) is 6.21 Å². The summed E-state index contributed by atoms with van der Waals surface area (Å²) in [5.74, 6) is -0.196. The Morgan fingerprint density at radius 1 is 0.960 bits per heavy atom. The largest absolute Gasteiger partial charge is 0.444 e. The number of carbonyl (C=O) groups excluding carboxylic acids is 1. The third kappa shape index (κ3) is 3.06. The third-order valence-corrected chi connectivity index (χ3v) is 4.40. The number of fused-ring (bicyclic) bond motifs is 2. The SMILES string of the molecule is O=C(NN=Cc1c2ccccc2cc2ccccc12)c1ccc(Br)o1. The minimum atomic E-state index is -0.397. The molecule has 0 unspecified atom stereocenters. The number of rotatable bonds is 3. The number of hydrogen-bond acceptors (Lipinski definition) is 3. The Kier molecular flexibility index (Phi) is 4.07. The maximum absolute atomic E-state index is 12.0. The molecular weight excluding hydrogens is 380 g/mol. The van der Waals surface area contributed by atoms with Crippen molar-refractivity contribution in [3.8, 4) is 0 Å². The second-order valence-electron chi connectivity index (χ2n) is 5.54. The molecule has 0 radical (unpaired) electrons. The molecule has 1 N–H and O–H groups in total. The first kappa shape index (κ1) is 15.6. The summed E-state index contributed by atoms with van der Waals surface area (Å²) < 4.78 is 5.72. The van der Waals surface area contributed by atoms with E-state index in [4.69, 9.17) is 4.42 Å².